The van der Waals surface area contributed by atoms with E-state index < -0.39 is 0 Å². The Kier molecular flexibility index (Phi) is 3.38. The lowest BCUT2D eigenvalue weighted by Gasteiger charge is -2.20. The zero-order valence-electron chi connectivity index (χ0n) is 9.74. The lowest BCUT2D eigenvalue weighted by molar-refractivity contribution is 0.475. The number of hydrogen-bond acceptors (Lipinski definition) is 5. The Morgan fingerprint density at radius 1 is 1.22 bits per heavy atom. The molecule has 0 radical (unpaired) electrons. The molecular formula is C12H12N4OS. The molecule has 18 heavy (non-hydrogen) atoms. The number of hydrogen-bond donors (Lipinski definition) is 2. The average Bonchev–Trinajstić information content (AvgIpc) is 2.39. The topological polar surface area (TPSA) is 75.3 Å². The van der Waals surface area contributed by atoms with Gasteiger partial charge >= 0.3 is 0 Å². The van der Waals surface area contributed by atoms with Crippen LogP contribution in [0.1, 0.15) is 5.69 Å². The van der Waals surface area contributed by atoms with Gasteiger partial charge in [0.15, 0.2) is 5.82 Å². The van der Waals surface area contributed by atoms with Crippen LogP contribution in [0.3, 0.4) is 0 Å². The van der Waals surface area contributed by atoms with Crippen molar-refractivity contribution in [3.8, 4) is 5.75 Å². The molecule has 5 nitrogen and oxygen atoms in total. The largest absolute Gasteiger partial charge is 0.508 e. The van der Waals surface area contributed by atoms with Crippen molar-refractivity contribution < 1.29 is 5.11 Å². The van der Waals surface area contributed by atoms with E-state index in [1.54, 1.807) is 41.6 Å². The zero-order chi connectivity index (χ0) is 13.1. The molecule has 0 unspecified atom stereocenters. The van der Waals surface area contributed by atoms with Gasteiger partial charge in [-0.15, -0.1) is 0 Å². The first kappa shape index (κ1) is 12.3. The second-order valence-electron chi connectivity index (χ2n) is 3.67. The number of phenols is 1. The third-order valence-electron chi connectivity index (χ3n) is 2.47. The molecule has 0 aliphatic carbocycles. The molecule has 1 aromatic carbocycles. The van der Waals surface area contributed by atoms with E-state index in [1.807, 2.05) is 7.05 Å². The van der Waals surface area contributed by atoms with Crippen molar-refractivity contribution in [1.82, 2.24) is 9.97 Å². The Balaban J connectivity index is 2.42. The molecule has 2 aromatic rings. The Hall–Kier alpha value is -2.21. The summed E-state index contributed by atoms with van der Waals surface area (Å²) in [5.41, 5.74) is 6.94. The van der Waals surface area contributed by atoms with Crippen LogP contribution in [0.25, 0.3) is 0 Å². The normalized spacial score (nSPS) is 10.1. The molecule has 0 aliphatic heterocycles. The van der Waals surface area contributed by atoms with Gasteiger partial charge < -0.3 is 15.7 Å². The molecule has 6 heteroatoms. The molecule has 2 rings (SSSR count). The molecule has 0 aliphatic rings. The minimum Gasteiger partial charge on any atom is -0.508 e. The van der Waals surface area contributed by atoms with Gasteiger partial charge in [-0.1, -0.05) is 12.2 Å². The standard InChI is InChI=1S/C12H12N4OS/c1-16(8-2-4-9(17)5-3-8)12-10(11(13)18)14-6-7-15-12/h2-7,17H,1H3,(H2,13,18). The van der Waals surface area contributed by atoms with Crippen molar-refractivity contribution >= 4 is 28.7 Å². The molecule has 0 fully saturated rings. The number of rotatable bonds is 3. The number of anilines is 2. The van der Waals surface area contributed by atoms with Crippen molar-refractivity contribution in [3.05, 3.63) is 42.4 Å². The van der Waals surface area contributed by atoms with E-state index in [1.165, 1.54) is 0 Å². The summed E-state index contributed by atoms with van der Waals surface area (Å²) in [4.78, 5) is 10.4. The first-order valence-electron chi connectivity index (χ1n) is 5.23. The highest BCUT2D eigenvalue weighted by Gasteiger charge is 2.13. The van der Waals surface area contributed by atoms with Gasteiger partial charge in [-0.05, 0) is 24.3 Å². The van der Waals surface area contributed by atoms with E-state index in [0.717, 1.165) is 5.69 Å². The SMILES string of the molecule is CN(c1ccc(O)cc1)c1nccnc1C(N)=S. The third kappa shape index (κ3) is 2.38. The molecule has 1 aromatic heterocycles. The molecule has 0 saturated carbocycles. The fourth-order valence-corrected chi connectivity index (χ4v) is 1.69. The maximum absolute atomic E-state index is 9.26. The quantitative estimate of drug-likeness (QED) is 0.816. The maximum Gasteiger partial charge on any atom is 0.161 e. The molecular weight excluding hydrogens is 248 g/mol. The number of aromatic nitrogens is 2. The minimum absolute atomic E-state index is 0.198. The summed E-state index contributed by atoms with van der Waals surface area (Å²) in [7, 11) is 1.83. The van der Waals surface area contributed by atoms with Crippen molar-refractivity contribution in [1.29, 1.82) is 0 Å². The third-order valence-corrected chi connectivity index (χ3v) is 2.66. The minimum atomic E-state index is 0.198. The van der Waals surface area contributed by atoms with E-state index in [0.29, 0.717) is 11.5 Å². The van der Waals surface area contributed by atoms with Crippen LogP contribution in [-0.4, -0.2) is 27.1 Å². The number of thiocarbonyl (C=S) groups is 1. The van der Waals surface area contributed by atoms with Crippen LogP contribution in [0.5, 0.6) is 5.75 Å². The van der Waals surface area contributed by atoms with Gasteiger partial charge in [-0.3, -0.25) is 0 Å². The second-order valence-corrected chi connectivity index (χ2v) is 4.11. The first-order chi connectivity index (χ1) is 8.59. The van der Waals surface area contributed by atoms with Crippen LogP contribution in [0.15, 0.2) is 36.7 Å². The molecule has 92 valence electrons. The molecule has 1 heterocycles. The summed E-state index contributed by atoms with van der Waals surface area (Å²) in [5.74, 6) is 0.788. The Morgan fingerprint density at radius 2 is 1.83 bits per heavy atom. The summed E-state index contributed by atoms with van der Waals surface area (Å²) < 4.78 is 0. The molecule has 0 saturated heterocycles. The van der Waals surface area contributed by atoms with E-state index in [-0.39, 0.29) is 10.7 Å². The highest BCUT2D eigenvalue weighted by molar-refractivity contribution is 7.80. The molecule has 0 spiro atoms. The van der Waals surface area contributed by atoms with E-state index >= 15 is 0 Å². The van der Waals surface area contributed by atoms with Crippen LogP contribution in [-0.2, 0) is 0 Å². The fraction of sp³-hybridized carbons (Fsp3) is 0.0833. The van der Waals surface area contributed by atoms with E-state index in [4.69, 9.17) is 18.0 Å². The fourth-order valence-electron chi connectivity index (χ4n) is 1.55. The van der Waals surface area contributed by atoms with E-state index in [9.17, 15) is 5.11 Å². The van der Waals surface area contributed by atoms with Crippen molar-refractivity contribution in [2.24, 2.45) is 5.73 Å². The van der Waals surface area contributed by atoms with Crippen LogP contribution in [0.4, 0.5) is 11.5 Å². The van der Waals surface area contributed by atoms with Crippen LogP contribution >= 0.6 is 12.2 Å². The van der Waals surface area contributed by atoms with Crippen molar-refractivity contribution in [3.63, 3.8) is 0 Å². The first-order valence-corrected chi connectivity index (χ1v) is 5.64. The highest BCUT2D eigenvalue weighted by atomic mass is 32.1. The molecule has 0 bridgehead atoms. The maximum atomic E-state index is 9.26. The number of benzene rings is 1. The number of phenolic OH excluding ortho intramolecular Hbond substituents is 1. The lowest BCUT2D eigenvalue weighted by atomic mass is 10.2. The van der Waals surface area contributed by atoms with E-state index in [2.05, 4.69) is 9.97 Å². The summed E-state index contributed by atoms with van der Waals surface area (Å²) >= 11 is 4.95. The number of aromatic hydroxyl groups is 1. The van der Waals surface area contributed by atoms with Crippen LogP contribution in [0.2, 0.25) is 0 Å². The summed E-state index contributed by atoms with van der Waals surface area (Å²) in [6.07, 6.45) is 3.12. The van der Waals surface area contributed by atoms with Gasteiger partial charge in [0.25, 0.3) is 0 Å². The zero-order valence-corrected chi connectivity index (χ0v) is 10.6. The van der Waals surface area contributed by atoms with Gasteiger partial charge in [0.1, 0.15) is 16.4 Å². The molecule has 3 N–H and O–H groups in total. The van der Waals surface area contributed by atoms with Gasteiger partial charge in [0.05, 0.1) is 0 Å². The van der Waals surface area contributed by atoms with Crippen molar-refractivity contribution in [2.45, 2.75) is 0 Å². The predicted molar refractivity (Wildman–Crippen MR) is 74.1 cm³/mol. The molecule has 0 atom stereocenters. The van der Waals surface area contributed by atoms with Gasteiger partial charge in [-0.25, -0.2) is 9.97 Å². The Labute approximate surface area is 110 Å². The summed E-state index contributed by atoms with van der Waals surface area (Å²) in [5, 5.41) is 9.26. The average molecular weight is 260 g/mol. The number of nitrogens with zero attached hydrogens (tertiary/aromatic N) is 3. The predicted octanol–water partition coefficient (Wildman–Crippen LogP) is 1.58. The lowest BCUT2D eigenvalue weighted by Crippen LogP contribution is -2.20. The second kappa shape index (κ2) is 4.97. The van der Waals surface area contributed by atoms with Gasteiger partial charge in [0.2, 0.25) is 0 Å². The highest BCUT2D eigenvalue weighted by Crippen LogP contribution is 2.25. The van der Waals surface area contributed by atoms with Gasteiger partial charge in [-0.2, -0.15) is 0 Å². The Morgan fingerprint density at radius 3 is 2.44 bits per heavy atom. The molecule has 0 amide bonds. The van der Waals surface area contributed by atoms with Crippen molar-refractivity contribution in [2.75, 3.05) is 11.9 Å². The number of nitrogens with two attached hydrogens (primary N) is 1. The van der Waals surface area contributed by atoms with Crippen LogP contribution in [0, 0.1) is 0 Å². The smallest absolute Gasteiger partial charge is 0.161 e. The van der Waals surface area contributed by atoms with Crippen LogP contribution < -0.4 is 10.6 Å². The summed E-state index contributed by atoms with van der Waals surface area (Å²) in [6.45, 7) is 0. The Bertz CT molecular complexity index is 571. The summed E-state index contributed by atoms with van der Waals surface area (Å²) in [6, 6.07) is 6.74. The van der Waals surface area contributed by atoms with Gasteiger partial charge in [0, 0.05) is 25.1 Å². The monoisotopic (exact) mass is 260 g/mol.